The third kappa shape index (κ3) is 4.47. The minimum Gasteiger partial charge on any atom is -0.495 e. The summed E-state index contributed by atoms with van der Waals surface area (Å²) in [6.07, 6.45) is 7.12. The first kappa shape index (κ1) is 23.7. The average molecular weight is 546 g/mol. The number of tetrazole rings is 1. The van der Waals surface area contributed by atoms with Gasteiger partial charge in [0.25, 0.3) is 0 Å². The van der Waals surface area contributed by atoms with Crippen LogP contribution in [0.5, 0.6) is 5.75 Å². The molecule has 0 unspecified atom stereocenters. The lowest BCUT2D eigenvalue weighted by atomic mass is 10.0. The van der Waals surface area contributed by atoms with Gasteiger partial charge >= 0.3 is 5.69 Å². The van der Waals surface area contributed by atoms with Crippen molar-refractivity contribution in [1.82, 2.24) is 34.7 Å². The fourth-order valence-corrected chi connectivity index (χ4v) is 4.81. The molecule has 1 N–H and O–H groups in total. The standard InChI is InChI=1S/C26H24BrN7O2/c1-3-5-19-16-34(24-22(27)6-4-7-23(24)36-2)26(35)33(19)15-17-8-10-18(11-9-17)21-14-28-13-12-20(21)25-29-31-32-30-25/h4,6-14,16H,3,5,15H2,1-2H3,(H,29,30,31,32). The number of rotatable bonds is 8. The number of benzene rings is 2. The van der Waals surface area contributed by atoms with Gasteiger partial charge in [0, 0.05) is 39.9 Å². The molecule has 0 spiro atoms. The van der Waals surface area contributed by atoms with E-state index in [-0.39, 0.29) is 5.69 Å². The molecule has 5 rings (SSSR count). The summed E-state index contributed by atoms with van der Waals surface area (Å²) in [6, 6.07) is 15.6. The van der Waals surface area contributed by atoms with Gasteiger partial charge in [0.2, 0.25) is 5.82 Å². The van der Waals surface area contributed by atoms with Gasteiger partial charge < -0.3 is 4.74 Å². The van der Waals surface area contributed by atoms with Crippen LogP contribution in [0.3, 0.4) is 0 Å². The van der Waals surface area contributed by atoms with Crippen LogP contribution < -0.4 is 10.4 Å². The zero-order chi connectivity index (χ0) is 25.1. The first-order valence-electron chi connectivity index (χ1n) is 11.5. The van der Waals surface area contributed by atoms with Crippen LogP contribution >= 0.6 is 15.9 Å². The van der Waals surface area contributed by atoms with Crippen molar-refractivity contribution >= 4 is 15.9 Å². The summed E-state index contributed by atoms with van der Waals surface area (Å²) in [7, 11) is 1.61. The Balaban J connectivity index is 1.50. The van der Waals surface area contributed by atoms with E-state index in [9.17, 15) is 4.79 Å². The second kappa shape index (κ2) is 10.3. The molecule has 0 aliphatic heterocycles. The summed E-state index contributed by atoms with van der Waals surface area (Å²) in [4.78, 5) is 17.8. The van der Waals surface area contributed by atoms with Gasteiger partial charge in [-0.15, -0.1) is 10.2 Å². The number of nitrogens with zero attached hydrogens (tertiary/aromatic N) is 6. The topological polar surface area (TPSA) is 104 Å². The number of hydrogen-bond donors (Lipinski definition) is 1. The van der Waals surface area contributed by atoms with Crippen LogP contribution in [0.15, 0.2) is 76.4 Å². The van der Waals surface area contributed by atoms with E-state index in [2.05, 4.69) is 48.5 Å². The van der Waals surface area contributed by atoms with Crippen molar-refractivity contribution in [3.63, 3.8) is 0 Å². The Bertz CT molecular complexity index is 1540. The molecule has 3 heterocycles. The quantitative estimate of drug-likeness (QED) is 0.304. The van der Waals surface area contributed by atoms with Crippen LogP contribution in [0, 0.1) is 0 Å². The number of aromatic nitrogens is 7. The highest BCUT2D eigenvalue weighted by Crippen LogP contribution is 2.31. The van der Waals surface area contributed by atoms with Crippen molar-refractivity contribution in [3.05, 3.63) is 93.3 Å². The van der Waals surface area contributed by atoms with E-state index in [0.717, 1.165) is 45.3 Å². The summed E-state index contributed by atoms with van der Waals surface area (Å²) >= 11 is 3.58. The van der Waals surface area contributed by atoms with E-state index in [1.165, 1.54) is 0 Å². The van der Waals surface area contributed by atoms with Gasteiger partial charge in [0.05, 0.1) is 13.7 Å². The molecule has 0 amide bonds. The largest absolute Gasteiger partial charge is 0.495 e. The van der Waals surface area contributed by atoms with Gasteiger partial charge in [-0.3, -0.25) is 14.1 Å². The normalized spacial score (nSPS) is 11.1. The van der Waals surface area contributed by atoms with Crippen molar-refractivity contribution in [2.45, 2.75) is 26.3 Å². The van der Waals surface area contributed by atoms with E-state index in [4.69, 9.17) is 4.74 Å². The highest BCUT2D eigenvalue weighted by molar-refractivity contribution is 9.10. The molecular weight excluding hydrogens is 522 g/mol. The monoisotopic (exact) mass is 545 g/mol. The van der Waals surface area contributed by atoms with Crippen LogP contribution in [0.1, 0.15) is 24.6 Å². The van der Waals surface area contributed by atoms with Gasteiger partial charge in [-0.1, -0.05) is 43.7 Å². The van der Waals surface area contributed by atoms with Gasteiger partial charge in [0.15, 0.2) is 0 Å². The lowest BCUT2D eigenvalue weighted by Crippen LogP contribution is -2.25. The number of hydrogen-bond acceptors (Lipinski definition) is 6. The molecule has 36 heavy (non-hydrogen) atoms. The molecule has 0 aliphatic carbocycles. The minimum absolute atomic E-state index is 0.112. The molecule has 5 aromatic rings. The molecule has 0 bridgehead atoms. The predicted molar refractivity (Wildman–Crippen MR) is 140 cm³/mol. The van der Waals surface area contributed by atoms with Crippen LogP contribution in [0.25, 0.3) is 28.2 Å². The van der Waals surface area contributed by atoms with Crippen molar-refractivity contribution < 1.29 is 4.74 Å². The Morgan fingerprint density at radius 3 is 2.64 bits per heavy atom. The van der Waals surface area contributed by atoms with Gasteiger partial charge in [-0.25, -0.2) is 4.79 Å². The van der Waals surface area contributed by atoms with Crippen LogP contribution in [0.4, 0.5) is 0 Å². The number of pyridine rings is 1. The predicted octanol–water partition coefficient (Wildman–Crippen LogP) is 4.65. The highest BCUT2D eigenvalue weighted by atomic mass is 79.9. The number of nitrogens with one attached hydrogen (secondary N) is 1. The second-order valence-corrected chi connectivity index (χ2v) is 9.11. The third-order valence-corrected chi connectivity index (χ3v) is 6.63. The summed E-state index contributed by atoms with van der Waals surface area (Å²) in [5, 5.41) is 14.4. The van der Waals surface area contributed by atoms with E-state index in [1.807, 2.05) is 59.3 Å². The summed E-state index contributed by atoms with van der Waals surface area (Å²) < 4.78 is 9.82. The fourth-order valence-electron chi connectivity index (χ4n) is 4.27. The lowest BCUT2D eigenvalue weighted by molar-refractivity contribution is 0.412. The average Bonchev–Trinajstić information content (AvgIpc) is 3.54. The number of ether oxygens (including phenoxy) is 1. The van der Waals surface area contributed by atoms with E-state index >= 15 is 0 Å². The van der Waals surface area contributed by atoms with Crippen LogP contribution in [-0.4, -0.2) is 41.9 Å². The van der Waals surface area contributed by atoms with Crippen LogP contribution in [-0.2, 0) is 13.0 Å². The number of aromatic amines is 1. The molecule has 10 heteroatoms. The zero-order valence-electron chi connectivity index (χ0n) is 19.8. The smallest absolute Gasteiger partial charge is 0.333 e. The molecule has 0 saturated heterocycles. The van der Waals surface area contributed by atoms with E-state index in [0.29, 0.717) is 23.8 Å². The fraction of sp³-hybridized carbons (Fsp3) is 0.192. The Labute approximate surface area is 215 Å². The SMILES string of the molecule is CCCc1cn(-c2c(Br)cccc2OC)c(=O)n1Cc1ccc(-c2cnccc2-c2nn[nH]n2)cc1. The van der Waals surface area contributed by atoms with Gasteiger partial charge in [-0.05, 0) is 56.9 Å². The molecule has 0 radical (unpaired) electrons. The number of H-pyrrole nitrogens is 1. The number of para-hydroxylation sites is 1. The first-order chi connectivity index (χ1) is 17.6. The second-order valence-electron chi connectivity index (χ2n) is 8.25. The first-order valence-corrected chi connectivity index (χ1v) is 12.3. The molecule has 3 aromatic heterocycles. The Morgan fingerprint density at radius 2 is 1.92 bits per heavy atom. The molecule has 0 saturated carbocycles. The molecule has 9 nitrogen and oxygen atoms in total. The lowest BCUT2D eigenvalue weighted by Gasteiger charge is -2.11. The highest BCUT2D eigenvalue weighted by Gasteiger charge is 2.18. The van der Waals surface area contributed by atoms with Crippen molar-refractivity contribution in [1.29, 1.82) is 0 Å². The number of aryl methyl sites for hydroxylation is 1. The summed E-state index contributed by atoms with van der Waals surface area (Å²) in [5.41, 5.74) is 5.29. The van der Waals surface area contributed by atoms with Crippen molar-refractivity contribution in [3.8, 4) is 34.0 Å². The van der Waals surface area contributed by atoms with Crippen molar-refractivity contribution in [2.75, 3.05) is 7.11 Å². The molecule has 0 fully saturated rings. The minimum atomic E-state index is -0.112. The zero-order valence-corrected chi connectivity index (χ0v) is 21.4. The maximum atomic E-state index is 13.6. The maximum Gasteiger partial charge on any atom is 0.333 e. The maximum absolute atomic E-state index is 13.6. The Hall–Kier alpha value is -4.05. The molecule has 182 valence electrons. The van der Waals surface area contributed by atoms with Gasteiger partial charge in [-0.2, -0.15) is 5.21 Å². The number of halogens is 1. The summed E-state index contributed by atoms with van der Waals surface area (Å²) in [5.74, 6) is 1.14. The van der Waals surface area contributed by atoms with E-state index in [1.54, 1.807) is 24.1 Å². The van der Waals surface area contributed by atoms with E-state index < -0.39 is 0 Å². The Kier molecular flexibility index (Phi) is 6.77. The molecule has 0 aliphatic rings. The third-order valence-electron chi connectivity index (χ3n) is 5.99. The van der Waals surface area contributed by atoms with Crippen molar-refractivity contribution in [2.24, 2.45) is 0 Å². The Morgan fingerprint density at radius 1 is 1.08 bits per heavy atom. The molecule has 2 aromatic carbocycles. The molecule has 0 atom stereocenters. The van der Waals surface area contributed by atoms with Crippen LogP contribution in [0.2, 0.25) is 0 Å². The molecular formula is C26H24BrN7O2. The van der Waals surface area contributed by atoms with Gasteiger partial charge in [0.1, 0.15) is 11.4 Å². The number of methoxy groups -OCH3 is 1. The summed E-state index contributed by atoms with van der Waals surface area (Å²) in [6.45, 7) is 2.56. The number of imidazole rings is 1.